The van der Waals surface area contributed by atoms with Gasteiger partial charge in [0.25, 0.3) is 0 Å². The van der Waals surface area contributed by atoms with Crippen LogP contribution in [0.4, 0.5) is 10.1 Å². The second-order valence-electron chi connectivity index (χ2n) is 4.36. The number of nitrogens with zero attached hydrogens (tertiary/aromatic N) is 1. The Hall–Kier alpha value is -1.58. The van der Waals surface area contributed by atoms with Crippen LogP contribution in [0, 0.1) is 5.82 Å². The number of carboxylic acid groups (broad SMARTS) is 1. The SMILES string of the molecule is O=C(O)CCCCN1CCc2ccc(F)cc21. The van der Waals surface area contributed by atoms with Gasteiger partial charge in [0.15, 0.2) is 0 Å². The van der Waals surface area contributed by atoms with Crippen LogP contribution in [0.1, 0.15) is 24.8 Å². The Morgan fingerprint density at radius 2 is 2.24 bits per heavy atom. The molecule has 0 atom stereocenters. The van der Waals surface area contributed by atoms with Crippen LogP contribution >= 0.6 is 0 Å². The number of aliphatic carboxylic acids is 1. The van der Waals surface area contributed by atoms with Crippen molar-refractivity contribution in [2.24, 2.45) is 0 Å². The number of benzene rings is 1. The van der Waals surface area contributed by atoms with E-state index in [9.17, 15) is 9.18 Å². The van der Waals surface area contributed by atoms with Gasteiger partial charge < -0.3 is 10.0 Å². The Morgan fingerprint density at radius 3 is 3.00 bits per heavy atom. The third-order valence-electron chi connectivity index (χ3n) is 3.11. The first-order valence-electron chi connectivity index (χ1n) is 5.92. The van der Waals surface area contributed by atoms with Crippen LogP contribution in [0.15, 0.2) is 18.2 Å². The molecule has 1 aliphatic heterocycles. The molecule has 92 valence electrons. The molecule has 3 nitrogen and oxygen atoms in total. The van der Waals surface area contributed by atoms with Crippen LogP contribution in [-0.4, -0.2) is 24.2 Å². The lowest BCUT2D eigenvalue weighted by Gasteiger charge is -2.19. The van der Waals surface area contributed by atoms with Crippen molar-refractivity contribution in [1.82, 2.24) is 0 Å². The number of carboxylic acids is 1. The summed E-state index contributed by atoms with van der Waals surface area (Å²) < 4.78 is 13.1. The van der Waals surface area contributed by atoms with Crippen LogP contribution < -0.4 is 4.90 Å². The zero-order chi connectivity index (χ0) is 12.3. The highest BCUT2D eigenvalue weighted by Crippen LogP contribution is 2.28. The molecule has 1 aromatic carbocycles. The van der Waals surface area contributed by atoms with E-state index in [2.05, 4.69) is 4.90 Å². The first kappa shape index (κ1) is 11.9. The predicted octanol–water partition coefficient (Wildman–Crippen LogP) is 2.44. The maximum atomic E-state index is 13.1. The molecule has 1 aliphatic rings. The van der Waals surface area contributed by atoms with E-state index >= 15 is 0 Å². The van der Waals surface area contributed by atoms with Crippen molar-refractivity contribution in [3.05, 3.63) is 29.6 Å². The van der Waals surface area contributed by atoms with Gasteiger partial charge in [0.2, 0.25) is 0 Å². The van der Waals surface area contributed by atoms with Gasteiger partial charge in [0.1, 0.15) is 5.82 Å². The number of anilines is 1. The van der Waals surface area contributed by atoms with Gasteiger partial charge in [-0.05, 0) is 37.0 Å². The number of hydrogen-bond acceptors (Lipinski definition) is 2. The Bertz CT molecular complexity index is 420. The summed E-state index contributed by atoms with van der Waals surface area (Å²) in [6, 6.07) is 4.90. The minimum atomic E-state index is -0.752. The summed E-state index contributed by atoms with van der Waals surface area (Å²) >= 11 is 0. The van der Waals surface area contributed by atoms with E-state index in [0.717, 1.165) is 31.6 Å². The van der Waals surface area contributed by atoms with Crippen molar-refractivity contribution in [1.29, 1.82) is 0 Å². The third kappa shape index (κ3) is 2.96. The molecule has 1 heterocycles. The van der Waals surface area contributed by atoms with Gasteiger partial charge >= 0.3 is 5.97 Å². The minimum absolute atomic E-state index is 0.207. The smallest absolute Gasteiger partial charge is 0.303 e. The van der Waals surface area contributed by atoms with Crippen molar-refractivity contribution in [3.8, 4) is 0 Å². The summed E-state index contributed by atoms with van der Waals surface area (Å²) in [5.74, 6) is -0.959. The molecule has 0 radical (unpaired) electrons. The molecule has 0 unspecified atom stereocenters. The normalized spacial score (nSPS) is 13.8. The quantitative estimate of drug-likeness (QED) is 0.800. The number of carbonyl (C=O) groups is 1. The maximum absolute atomic E-state index is 13.1. The van der Waals surface area contributed by atoms with E-state index in [1.54, 1.807) is 6.07 Å². The molecule has 2 rings (SSSR count). The second kappa shape index (κ2) is 5.17. The molecule has 0 saturated heterocycles. The van der Waals surface area contributed by atoms with E-state index in [-0.39, 0.29) is 12.2 Å². The van der Waals surface area contributed by atoms with E-state index in [0.29, 0.717) is 6.42 Å². The van der Waals surface area contributed by atoms with Crippen LogP contribution in [0.5, 0.6) is 0 Å². The summed E-state index contributed by atoms with van der Waals surface area (Å²) in [6.07, 6.45) is 2.68. The number of fused-ring (bicyclic) bond motifs is 1. The van der Waals surface area contributed by atoms with Crippen molar-refractivity contribution in [2.75, 3.05) is 18.0 Å². The van der Waals surface area contributed by atoms with Gasteiger partial charge in [-0.3, -0.25) is 4.79 Å². The number of rotatable bonds is 5. The standard InChI is InChI=1S/C13H16FNO2/c14-11-5-4-10-6-8-15(12(10)9-11)7-2-1-3-13(16)17/h4-5,9H,1-3,6-8H2,(H,16,17). The fourth-order valence-electron chi connectivity index (χ4n) is 2.23. The zero-order valence-electron chi connectivity index (χ0n) is 9.66. The van der Waals surface area contributed by atoms with E-state index in [1.807, 2.05) is 6.07 Å². The van der Waals surface area contributed by atoms with E-state index < -0.39 is 5.97 Å². The molecule has 1 aromatic rings. The summed E-state index contributed by atoms with van der Waals surface area (Å²) in [6.45, 7) is 1.72. The lowest BCUT2D eigenvalue weighted by Crippen LogP contribution is -2.21. The zero-order valence-corrected chi connectivity index (χ0v) is 9.66. The van der Waals surface area contributed by atoms with E-state index in [1.165, 1.54) is 11.6 Å². The Labute approximate surface area is 99.9 Å². The van der Waals surface area contributed by atoms with Gasteiger partial charge in [0, 0.05) is 25.2 Å². The molecule has 0 fully saturated rings. The highest BCUT2D eigenvalue weighted by molar-refractivity contribution is 5.66. The predicted molar refractivity (Wildman–Crippen MR) is 63.8 cm³/mol. The summed E-state index contributed by atoms with van der Waals surface area (Å²) in [4.78, 5) is 12.5. The lowest BCUT2D eigenvalue weighted by atomic mass is 10.1. The Morgan fingerprint density at radius 1 is 1.41 bits per heavy atom. The van der Waals surface area contributed by atoms with Gasteiger partial charge in [-0.1, -0.05) is 6.07 Å². The highest BCUT2D eigenvalue weighted by atomic mass is 19.1. The Balaban J connectivity index is 1.88. The van der Waals surface area contributed by atoms with Crippen LogP contribution in [0.25, 0.3) is 0 Å². The molecular weight excluding hydrogens is 221 g/mol. The monoisotopic (exact) mass is 237 g/mol. The summed E-state index contributed by atoms with van der Waals surface area (Å²) in [5.41, 5.74) is 2.16. The van der Waals surface area contributed by atoms with Gasteiger partial charge in [-0.15, -0.1) is 0 Å². The second-order valence-corrected chi connectivity index (χ2v) is 4.36. The average molecular weight is 237 g/mol. The highest BCUT2D eigenvalue weighted by Gasteiger charge is 2.18. The molecule has 0 bridgehead atoms. The molecular formula is C13H16FNO2. The van der Waals surface area contributed by atoms with Crippen LogP contribution in [0.2, 0.25) is 0 Å². The Kier molecular flexibility index (Phi) is 3.61. The van der Waals surface area contributed by atoms with Crippen molar-refractivity contribution in [3.63, 3.8) is 0 Å². The molecule has 0 saturated carbocycles. The average Bonchev–Trinajstić information content (AvgIpc) is 2.67. The first-order chi connectivity index (χ1) is 8.16. The van der Waals surface area contributed by atoms with Gasteiger partial charge in [-0.2, -0.15) is 0 Å². The van der Waals surface area contributed by atoms with Crippen molar-refractivity contribution >= 4 is 11.7 Å². The fourth-order valence-corrected chi connectivity index (χ4v) is 2.23. The topological polar surface area (TPSA) is 40.5 Å². The van der Waals surface area contributed by atoms with Gasteiger partial charge in [0.05, 0.1) is 0 Å². The summed E-state index contributed by atoms with van der Waals surface area (Å²) in [7, 11) is 0. The maximum Gasteiger partial charge on any atom is 0.303 e. The van der Waals surface area contributed by atoms with Crippen molar-refractivity contribution in [2.45, 2.75) is 25.7 Å². The number of unbranched alkanes of at least 4 members (excludes halogenated alkanes) is 1. The third-order valence-corrected chi connectivity index (χ3v) is 3.11. The molecule has 0 aliphatic carbocycles. The molecule has 0 spiro atoms. The molecule has 0 amide bonds. The number of hydrogen-bond donors (Lipinski definition) is 1. The largest absolute Gasteiger partial charge is 0.481 e. The van der Waals surface area contributed by atoms with E-state index in [4.69, 9.17) is 5.11 Å². The number of halogens is 1. The van der Waals surface area contributed by atoms with Crippen LogP contribution in [-0.2, 0) is 11.2 Å². The lowest BCUT2D eigenvalue weighted by molar-refractivity contribution is -0.137. The molecule has 1 N–H and O–H groups in total. The molecule has 4 heteroatoms. The van der Waals surface area contributed by atoms with Gasteiger partial charge in [-0.25, -0.2) is 4.39 Å². The van der Waals surface area contributed by atoms with Crippen LogP contribution in [0.3, 0.4) is 0 Å². The minimum Gasteiger partial charge on any atom is -0.481 e. The summed E-state index contributed by atoms with van der Waals surface area (Å²) in [5, 5.41) is 8.54. The first-order valence-corrected chi connectivity index (χ1v) is 5.92. The molecule has 17 heavy (non-hydrogen) atoms. The fraction of sp³-hybridized carbons (Fsp3) is 0.462. The molecule has 0 aromatic heterocycles. The van der Waals surface area contributed by atoms with Crippen molar-refractivity contribution < 1.29 is 14.3 Å².